The number of azo groups is 2. The van der Waals surface area contributed by atoms with E-state index in [1.54, 1.807) is 91.0 Å². The van der Waals surface area contributed by atoms with E-state index < -0.39 is 23.2 Å². The van der Waals surface area contributed by atoms with Crippen molar-refractivity contribution in [3.63, 3.8) is 0 Å². The zero-order valence-corrected chi connectivity index (χ0v) is 33.6. The van der Waals surface area contributed by atoms with Crippen molar-refractivity contribution >= 4 is 96.3 Å². The van der Waals surface area contributed by atoms with Gasteiger partial charge in [-0.05, 0) is 83.6 Å². The maximum absolute atomic E-state index is 13.9. The number of phenolic OH excluding ortho intramolecular Hbond substituents is 2. The summed E-state index contributed by atoms with van der Waals surface area (Å²) in [7, 11) is 0. The van der Waals surface area contributed by atoms with E-state index in [0.717, 1.165) is 5.39 Å². The number of para-hydroxylation sites is 2. The highest BCUT2D eigenvalue weighted by atomic mass is 35.5. The number of nitrogens with zero attached hydrogens (tertiary/aromatic N) is 4. The van der Waals surface area contributed by atoms with Gasteiger partial charge in [-0.25, -0.2) is 0 Å². The van der Waals surface area contributed by atoms with Gasteiger partial charge in [0.15, 0.2) is 17.3 Å². The molecule has 0 saturated heterocycles. The van der Waals surface area contributed by atoms with E-state index in [2.05, 4.69) is 31.3 Å². The van der Waals surface area contributed by atoms with Gasteiger partial charge < -0.3 is 15.5 Å². The minimum Gasteiger partial charge on any atom is -0.505 e. The molecule has 1 amide bonds. The van der Waals surface area contributed by atoms with Crippen molar-refractivity contribution in [3.8, 4) is 11.5 Å². The number of phenols is 2. The van der Waals surface area contributed by atoms with Gasteiger partial charge in [0.05, 0.1) is 38.4 Å². The van der Waals surface area contributed by atoms with Crippen LogP contribution in [0.3, 0.4) is 0 Å². The summed E-state index contributed by atoms with van der Waals surface area (Å²) in [6.07, 6.45) is 0. The SMILES string of the molecule is O=C1c2ccc(N=Nc3c(O)c(C(=O)Nc4ccccc4Cl)cc4ccccc34)cc2C(=O)c2ccc(N=Nc3c(O)c(CONc4ccccc4Cl)cc4ccccc34)cc21. The first kappa shape index (κ1) is 39.7. The van der Waals surface area contributed by atoms with Crippen LogP contribution in [0.5, 0.6) is 11.5 Å². The van der Waals surface area contributed by atoms with Gasteiger partial charge in [0.25, 0.3) is 5.91 Å². The van der Waals surface area contributed by atoms with E-state index in [0.29, 0.717) is 43.1 Å². The Morgan fingerprint density at radius 1 is 0.548 bits per heavy atom. The average Bonchev–Trinajstić information content (AvgIpc) is 3.29. The number of nitrogens with one attached hydrogen (secondary N) is 2. The Morgan fingerprint density at radius 3 is 1.63 bits per heavy atom. The zero-order chi connectivity index (χ0) is 42.9. The number of carbonyl (C=O) groups excluding carboxylic acids is 3. The largest absolute Gasteiger partial charge is 0.505 e. The molecule has 0 fully saturated rings. The molecule has 0 heterocycles. The molecule has 0 aliphatic heterocycles. The number of fused-ring (bicyclic) bond motifs is 4. The summed E-state index contributed by atoms with van der Waals surface area (Å²) >= 11 is 12.5. The van der Waals surface area contributed by atoms with E-state index in [4.69, 9.17) is 28.0 Å². The smallest absolute Gasteiger partial charge is 0.259 e. The third kappa shape index (κ3) is 7.61. The van der Waals surface area contributed by atoms with Crippen molar-refractivity contribution in [1.29, 1.82) is 0 Å². The van der Waals surface area contributed by atoms with Crippen LogP contribution in [0, 0.1) is 0 Å². The Balaban J connectivity index is 0.976. The molecule has 9 rings (SSSR count). The normalized spacial score (nSPS) is 12.3. The molecule has 0 aromatic heterocycles. The van der Waals surface area contributed by atoms with Gasteiger partial charge in [0, 0.05) is 38.6 Å². The minimum atomic E-state index is -0.607. The number of aromatic hydroxyl groups is 2. The summed E-state index contributed by atoms with van der Waals surface area (Å²) in [4.78, 5) is 46.8. The maximum Gasteiger partial charge on any atom is 0.259 e. The van der Waals surface area contributed by atoms with E-state index in [1.165, 1.54) is 30.3 Å². The topological polar surface area (TPSA) is 174 Å². The van der Waals surface area contributed by atoms with E-state index in [-0.39, 0.29) is 62.9 Å². The van der Waals surface area contributed by atoms with Crippen molar-refractivity contribution < 1.29 is 29.4 Å². The summed E-state index contributed by atoms with van der Waals surface area (Å²) in [5.74, 6) is -1.98. The summed E-state index contributed by atoms with van der Waals surface area (Å²) in [6.45, 7) is -0.0289. The highest BCUT2D eigenvalue weighted by molar-refractivity contribution is 6.34. The second-order valence-corrected chi connectivity index (χ2v) is 14.9. The molecule has 0 bridgehead atoms. The minimum absolute atomic E-state index is 0.0289. The van der Waals surface area contributed by atoms with Crippen LogP contribution >= 0.6 is 23.2 Å². The van der Waals surface area contributed by atoms with Gasteiger partial charge >= 0.3 is 0 Å². The van der Waals surface area contributed by atoms with Crippen molar-refractivity contribution in [2.75, 3.05) is 10.8 Å². The van der Waals surface area contributed by atoms with Crippen LogP contribution in [0.1, 0.15) is 47.8 Å². The van der Waals surface area contributed by atoms with E-state index >= 15 is 0 Å². The number of amides is 1. The molecule has 8 aromatic rings. The van der Waals surface area contributed by atoms with Crippen LogP contribution in [0.25, 0.3) is 21.5 Å². The molecular formula is C48H30Cl2N6O6. The Bertz CT molecular complexity index is 3230. The van der Waals surface area contributed by atoms with Crippen LogP contribution in [0.4, 0.5) is 34.1 Å². The third-order valence-corrected chi connectivity index (χ3v) is 10.9. The molecule has 302 valence electrons. The Kier molecular flexibility index (Phi) is 10.7. The van der Waals surface area contributed by atoms with Crippen LogP contribution in [-0.4, -0.2) is 27.7 Å². The van der Waals surface area contributed by atoms with Crippen LogP contribution in [0.2, 0.25) is 10.0 Å². The predicted molar refractivity (Wildman–Crippen MR) is 239 cm³/mol. The second kappa shape index (κ2) is 16.7. The van der Waals surface area contributed by atoms with Gasteiger partial charge in [-0.15, -0.1) is 10.2 Å². The fraction of sp³-hybridized carbons (Fsp3) is 0.0208. The van der Waals surface area contributed by atoms with Crippen LogP contribution in [0.15, 0.2) is 166 Å². The molecule has 12 nitrogen and oxygen atoms in total. The third-order valence-electron chi connectivity index (χ3n) is 10.2. The molecule has 1 aliphatic carbocycles. The standard InChI is InChI=1S/C48H30Cl2N6O6/c49-38-13-5-7-15-40(38)51-48(61)37-22-27-10-2-4-12-32(27)43(47(37)60)55-53-30-18-20-34-36(24-30)46(59)33-19-17-29(23-35(33)45(34)58)52-54-42-31-11-3-1-9-26(31)21-28(44(42)57)25-62-56-41-16-8-6-14-39(41)50/h1-24,56-57,60H,25H2,(H,51,61). The number of hydrogen-bond donors (Lipinski definition) is 4. The van der Waals surface area contributed by atoms with Gasteiger partial charge in [0.2, 0.25) is 0 Å². The lowest BCUT2D eigenvalue weighted by molar-refractivity contribution is 0.0979. The number of rotatable bonds is 10. The first-order valence-corrected chi connectivity index (χ1v) is 19.8. The summed E-state index contributed by atoms with van der Waals surface area (Å²) in [5, 5.41) is 46.2. The van der Waals surface area contributed by atoms with Gasteiger partial charge in [0.1, 0.15) is 23.7 Å². The summed E-state index contributed by atoms with van der Waals surface area (Å²) in [6, 6.07) is 40.6. The summed E-state index contributed by atoms with van der Waals surface area (Å²) in [5.41, 5.74) is 5.43. The van der Waals surface area contributed by atoms with Crippen LogP contribution in [-0.2, 0) is 11.4 Å². The van der Waals surface area contributed by atoms with Gasteiger partial charge in [-0.1, -0.05) is 96.0 Å². The molecular weight excluding hydrogens is 827 g/mol. The monoisotopic (exact) mass is 856 g/mol. The first-order chi connectivity index (χ1) is 30.1. The zero-order valence-electron chi connectivity index (χ0n) is 32.1. The number of benzene rings is 8. The van der Waals surface area contributed by atoms with Crippen LogP contribution < -0.4 is 10.8 Å². The lowest BCUT2D eigenvalue weighted by Gasteiger charge is -2.17. The van der Waals surface area contributed by atoms with Crippen molar-refractivity contribution in [2.45, 2.75) is 6.61 Å². The lowest BCUT2D eigenvalue weighted by Crippen LogP contribution is -2.20. The fourth-order valence-corrected chi connectivity index (χ4v) is 7.49. The van der Waals surface area contributed by atoms with Gasteiger partial charge in [-0.3, -0.25) is 24.7 Å². The molecule has 0 unspecified atom stereocenters. The molecule has 14 heteroatoms. The second-order valence-electron chi connectivity index (χ2n) is 14.1. The van der Waals surface area contributed by atoms with Crippen molar-refractivity contribution in [1.82, 2.24) is 0 Å². The van der Waals surface area contributed by atoms with E-state index in [1.807, 2.05) is 24.3 Å². The Morgan fingerprint density at radius 2 is 1.05 bits per heavy atom. The summed E-state index contributed by atoms with van der Waals surface area (Å²) < 4.78 is 0. The highest BCUT2D eigenvalue weighted by Crippen LogP contribution is 2.42. The lowest BCUT2D eigenvalue weighted by atomic mass is 9.83. The molecule has 1 aliphatic rings. The molecule has 0 atom stereocenters. The maximum atomic E-state index is 13.9. The Hall–Kier alpha value is -7.77. The average molecular weight is 858 g/mol. The number of hydrogen-bond acceptors (Lipinski definition) is 11. The quantitative estimate of drug-likeness (QED) is 0.0782. The molecule has 0 saturated carbocycles. The fourth-order valence-electron chi connectivity index (χ4n) is 7.13. The van der Waals surface area contributed by atoms with E-state index in [9.17, 15) is 24.6 Å². The first-order valence-electron chi connectivity index (χ1n) is 19.0. The molecule has 8 aromatic carbocycles. The van der Waals surface area contributed by atoms with Gasteiger partial charge in [-0.2, -0.15) is 10.2 Å². The molecule has 0 spiro atoms. The predicted octanol–water partition coefficient (Wildman–Crippen LogP) is 13.1. The number of anilines is 2. The molecule has 62 heavy (non-hydrogen) atoms. The van der Waals surface area contributed by atoms with Crippen molar-refractivity contribution in [2.24, 2.45) is 20.5 Å². The highest BCUT2D eigenvalue weighted by Gasteiger charge is 2.30. The number of carbonyl (C=O) groups is 3. The number of halogens is 2. The van der Waals surface area contributed by atoms with Crippen molar-refractivity contribution in [3.05, 3.63) is 189 Å². The Labute approximate surface area is 362 Å². The molecule has 0 radical (unpaired) electrons. The molecule has 4 N–H and O–H groups in total. The number of ketones is 2.